The summed E-state index contributed by atoms with van der Waals surface area (Å²) in [5, 5.41) is 2.62. The zero-order chi connectivity index (χ0) is 16.9. The highest BCUT2D eigenvalue weighted by Crippen LogP contribution is 2.23. The largest absolute Gasteiger partial charge is 0.354 e. The van der Waals surface area contributed by atoms with Gasteiger partial charge >= 0.3 is 0 Å². The number of rotatable bonds is 7. The standard InChI is InChI=1S/C14H20F2N2O3S/c1-4-5-8-17-14(19)10(2)18(22(3,20)21)11-6-7-12(15)13(16)9-11/h6-7,9-10H,4-5,8H2,1-3H3,(H,17,19). The van der Waals surface area contributed by atoms with Crippen molar-refractivity contribution in [1.82, 2.24) is 5.32 Å². The number of unbranched alkanes of at least 4 members (excludes halogenated alkanes) is 1. The lowest BCUT2D eigenvalue weighted by molar-refractivity contribution is -0.121. The molecule has 1 aromatic rings. The van der Waals surface area contributed by atoms with E-state index in [0.29, 0.717) is 6.54 Å². The fourth-order valence-corrected chi connectivity index (χ4v) is 3.13. The second-order valence-electron chi connectivity index (χ2n) is 4.98. The highest BCUT2D eigenvalue weighted by atomic mass is 32.2. The van der Waals surface area contributed by atoms with Gasteiger partial charge in [0.1, 0.15) is 6.04 Å². The first-order valence-corrected chi connectivity index (χ1v) is 8.75. The van der Waals surface area contributed by atoms with Crippen LogP contribution in [-0.2, 0) is 14.8 Å². The molecule has 1 amide bonds. The van der Waals surface area contributed by atoms with E-state index in [-0.39, 0.29) is 5.69 Å². The summed E-state index contributed by atoms with van der Waals surface area (Å²) < 4.78 is 51.0. The van der Waals surface area contributed by atoms with Crippen LogP contribution in [0.3, 0.4) is 0 Å². The van der Waals surface area contributed by atoms with Crippen molar-refractivity contribution in [2.75, 3.05) is 17.1 Å². The Morgan fingerprint density at radius 1 is 1.32 bits per heavy atom. The number of carbonyl (C=O) groups is 1. The van der Waals surface area contributed by atoms with E-state index in [1.807, 2.05) is 6.92 Å². The van der Waals surface area contributed by atoms with E-state index in [1.54, 1.807) is 0 Å². The van der Waals surface area contributed by atoms with Crippen molar-refractivity contribution in [3.63, 3.8) is 0 Å². The molecule has 1 rings (SSSR count). The molecule has 124 valence electrons. The lowest BCUT2D eigenvalue weighted by Crippen LogP contribution is -2.48. The summed E-state index contributed by atoms with van der Waals surface area (Å²) in [7, 11) is -3.84. The fourth-order valence-electron chi connectivity index (χ4n) is 1.97. The van der Waals surface area contributed by atoms with Crippen molar-refractivity contribution in [3.05, 3.63) is 29.8 Å². The van der Waals surface area contributed by atoms with E-state index in [2.05, 4.69) is 5.32 Å². The predicted molar refractivity (Wildman–Crippen MR) is 81.1 cm³/mol. The number of halogens is 2. The third kappa shape index (κ3) is 4.66. The summed E-state index contributed by atoms with van der Waals surface area (Å²) in [6.07, 6.45) is 2.56. The minimum atomic E-state index is -3.84. The molecule has 0 saturated heterocycles. The third-order valence-corrected chi connectivity index (χ3v) is 4.32. The minimum Gasteiger partial charge on any atom is -0.354 e. The SMILES string of the molecule is CCCCNC(=O)C(C)N(c1ccc(F)c(F)c1)S(C)(=O)=O. The molecular weight excluding hydrogens is 314 g/mol. The smallest absolute Gasteiger partial charge is 0.243 e. The van der Waals surface area contributed by atoms with Crippen molar-refractivity contribution in [3.8, 4) is 0 Å². The molecule has 0 heterocycles. The molecule has 0 spiro atoms. The maximum Gasteiger partial charge on any atom is 0.243 e. The summed E-state index contributed by atoms with van der Waals surface area (Å²) >= 11 is 0. The number of amides is 1. The zero-order valence-electron chi connectivity index (χ0n) is 12.8. The molecule has 0 bridgehead atoms. The average molecular weight is 334 g/mol. The molecule has 1 unspecified atom stereocenters. The van der Waals surface area contributed by atoms with Crippen LogP contribution in [0.2, 0.25) is 0 Å². The van der Waals surface area contributed by atoms with E-state index in [1.165, 1.54) is 6.92 Å². The van der Waals surface area contributed by atoms with Gasteiger partial charge in [0, 0.05) is 12.6 Å². The zero-order valence-corrected chi connectivity index (χ0v) is 13.6. The molecule has 1 atom stereocenters. The van der Waals surface area contributed by atoms with Gasteiger partial charge in [0.15, 0.2) is 11.6 Å². The number of nitrogens with zero attached hydrogens (tertiary/aromatic N) is 1. The maximum atomic E-state index is 13.3. The first-order valence-electron chi connectivity index (χ1n) is 6.90. The summed E-state index contributed by atoms with van der Waals surface area (Å²) in [6.45, 7) is 3.78. The highest BCUT2D eigenvalue weighted by molar-refractivity contribution is 7.92. The van der Waals surface area contributed by atoms with Gasteiger partial charge in [-0.15, -0.1) is 0 Å². The van der Waals surface area contributed by atoms with E-state index in [4.69, 9.17) is 0 Å². The molecule has 0 fully saturated rings. The molecule has 5 nitrogen and oxygen atoms in total. The van der Waals surface area contributed by atoms with E-state index < -0.39 is 33.6 Å². The minimum absolute atomic E-state index is 0.0976. The van der Waals surface area contributed by atoms with E-state index in [9.17, 15) is 22.0 Å². The van der Waals surface area contributed by atoms with Gasteiger partial charge in [-0.1, -0.05) is 13.3 Å². The first-order chi connectivity index (χ1) is 10.2. The van der Waals surface area contributed by atoms with E-state index >= 15 is 0 Å². The van der Waals surface area contributed by atoms with Gasteiger partial charge in [0.2, 0.25) is 15.9 Å². The Labute approximate surface area is 129 Å². The van der Waals surface area contributed by atoms with Crippen LogP contribution in [0.4, 0.5) is 14.5 Å². The monoisotopic (exact) mass is 334 g/mol. The van der Waals surface area contributed by atoms with Crippen molar-refractivity contribution >= 4 is 21.6 Å². The number of benzene rings is 1. The molecule has 0 radical (unpaired) electrons. The van der Waals surface area contributed by atoms with Crippen molar-refractivity contribution < 1.29 is 22.0 Å². The molecule has 0 aliphatic carbocycles. The second kappa shape index (κ2) is 7.53. The number of anilines is 1. The number of nitrogens with one attached hydrogen (secondary N) is 1. The number of carbonyl (C=O) groups excluding carboxylic acids is 1. The van der Waals surface area contributed by atoms with Gasteiger partial charge < -0.3 is 5.32 Å². The number of hydrogen-bond donors (Lipinski definition) is 1. The Bertz CT molecular complexity index is 635. The Morgan fingerprint density at radius 2 is 1.95 bits per heavy atom. The molecule has 8 heteroatoms. The van der Waals surface area contributed by atoms with Gasteiger partial charge in [-0.3, -0.25) is 9.10 Å². The van der Waals surface area contributed by atoms with Crippen LogP contribution in [0.25, 0.3) is 0 Å². The van der Waals surface area contributed by atoms with Gasteiger partial charge in [0.25, 0.3) is 0 Å². The maximum absolute atomic E-state index is 13.3. The Morgan fingerprint density at radius 3 is 2.45 bits per heavy atom. The summed E-state index contributed by atoms with van der Waals surface area (Å²) in [5.41, 5.74) is -0.0976. The normalized spacial score (nSPS) is 12.8. The summed E-state index contributed by atoms with van der Waals surface area (Å²) in [6, 6.07) is 1.63. The third-order valence-electron chi connectivity index (χ3n) is 3.08. The number of sulfonamides is 1. The van der Waals surface area contributed by atoms with Crippen LogP contribution in [0.1, 0.15) is 26.7 Å². The quantitative estimate of drug-likeness (QED) is 0.776. The van der Waals surface area contributed by atoms with Gasteiger partial charge in [-0.05, 0) is 25.5 Å². The first kappa shape index (κ1) is 18.3. The molecular formula is C14H20F2N2O3S. The molecule has 1 N–H and O–H groups in total. The van der Waals surface area contributed by atoms with Crippen molar-refractivity contribution in [2.45, 2.75) is 32.7 Å². The Hall–Kier alpha value is -1.70. The lowest BCUT2D eigenvalue weighted by Gasteiger charge is -2.28. The highest BCUT2D eigenvalue weighted by Gasteiger charge is 2.29. The molecule has 1 aromatic carbocycles. The van der Waals surface area contributed by atoms with Crippen LogP contribution in [-0.4, -0.2) is 33.2 Å². The predicted octanol–water partition coefficient (Wildman–Crippen LogP) is 2.04. The second-order valence-corrected chi connectivity index (χ2v) is 6.84. The Kier molecular flexibility index (Phi) is 6.28. The van der Waals surface area contributed by atoms with Crippen LogP contribution < -0.4 is 9.62 Å². The van der Waals surface area contributed by atoms with Gasteiger partial charge in [-0.25, -0.2) is 17.2 Å². The fraction of sp³-hybridized carbons (Fsp3) is 0.500. The van der Waals surface area contributed by atoms with Crippen LogP contribution in [0.15, 0.2) is 18.2 Å². The topological polar surface area (TPSA) is 66.5 Å². The lowest BCUT2D eigenvalue weighted by atomic mass is 10.2. The van der Waals surface area contributed by atoms with Crippen LogP contribution >= 0.6 is 0 Å². The van der Waals surface area contributed by atoms with Crippen molar-refractivity contribution in [1.29, 1.82) is 0 Å². The van der Waals surface area contributed by atoms with Crippen molar-refractivity contribution in [2.24, 2.45) is 0 Å². The molecule has 0 aliphatic rings. The van der Waals surface area contributed by atoms with Gasteiger partial charge in [0.05, 0.1) is 11.9 Å². The van der Waals surface area contributed by atoms with Gasteiger partial charge in [-0.2, -0.15) is 0 Å². The van der Waals surface area contributed by atoms with Crippen LogP contribution in [0, 0.1) is 11.6 Å². The summed E-state index contributed by atoms with van der Waals surface area (Å²) in [4.78, 5) is 12.0. The summed E-state index contributed by atoms with van der Waals surface area (Å²) in [5.74, 6) is -2.76. The number of hydrogen-bond acceptors (Lipinski definition) is 3. The van der Waals surface area contributed by atoms with E-state index in [0.717, 1.165) is 41.6 Å². The molecule has 22 heavy (non-hydrogen) atoms. The Balaban J connectivity index is 3.08. The molecule has 0 saturated carbocycles. The molecule has 0 aliphatic heterocycles. The van der Waals surface area contributed by atoms with Crippen LogP contribution in [0.5, 0.6) is 0 Å². The average Bonchev–Trinajstić information content (AvgIpc) is 2.41. The molecule has 0 aromatic heterocycles.